The molecule has 53 valence electrons. The molecule has 0 aromatic carbocycles. The van der Waals surface area contributed by atoms with Crippen LogP contribution in [0.5, 0.6) is 0 Å². The molecule has 0 spiro atoms. The van der Waals surface area contributed by atoms with E-state index in [0.29, 0.717) is 5.56 Å². The zero-order valence-electron chi connectivity index (χ0n) is 5.12. The topological polar surface area (TPSA) is 56.0 Å². The third-order valence-corrected chi connectivity index (χ3v) is 0.946. The van der Waals surface area contributed by atoms with Gasteiger partial charge in [0.25, 0.3) is 0 Å². The van der Waals surface area contributed by atoms with Gasteiger partial charge in [-0.1, -0.05) is 0 Å². The number of carbonyl (C=O) groups is 1. The minimum atomic E-state index is -0.442. The van der Waals surface area contributed by atoms with Gasteiger partial charge in [-0.3, -0.25) is 9.78 Å². The fourth-order valence-electron chi connectivity index (χ4n) is 0.509. The van der Waals surface area contributed by atoms with Crippen LogP contribution in [0.25, 0.3) is 0 Å². The van der Waals surface area contributed by atoms with Crippen LogP contribution in [-0.4, -0.2) is 10.9 Å². The fraction of sp³-hybridized carbons (Fsp3) is 0. The molecule has 0 aliphatic carbocycles. The van der Waals surface area contributed by atoms with E-state index in [0.717, 1.165) is 0 Å². The van der Waals surface area contributed by atoms with Gasteiger partial charge in [0.1, 0.15) is 0 Å². The molecule has 0 fully saturated rings. The standard InChI is InChI=1S/C6H6N2O.Mn/c7-6(9)5-2-1-3-8-4-5;/h1-4H,(H2,7,9);. The van der Waals surface area contributed by atoms with Crippen molar-refractivity contribution in [3.63, 3.8) is 0 Å². The predicted octanol–water partition coefficient (Wildman–Crippen LogP) is 0.178. The van der Waals surface area contributed by atoms with E-state index in [1.165, 1.54) is 6.20 Å². The molecule has 1 aromatic heterocycles. The Morgan fingerprint density at radius 2 is 2.30 bits per heavy atom. The molecule has 1 aromatic rings. The largest absolute Gasteiger partial charge is 0.366 e. The zero-order chi connectivity index (χ0) is 6.69. The first-order chi connectivity index (χ1) is 4.30. The van der Waals surface area contributed by atoms with E-state index in [9.17, 15) is 4.79 Å². The molecule has 3 nitrogen and oxygen atoms in total. The fourth-order valence-corrected chi connectivity index (χ4v) is 0.509. The van der Waals surface area contributed by atoms with Gasteiger partial charge >= 0.3 is 0 Å². The van der Waals surface area contributed by atoms with Gasteiger partial charge < -0.3 is 5.73 Å². The SMILES string of the molecule is NC(=O)c1cccnc1.[Mn]. The van der Waals surface area contributed by atoms with Crippen molar-refractivity contribution in [2.45, 2.75) is 0 Å². The first-order valence-electron chi connectivity index (χ1n) is 2.50. The Labute approximate surface area is 69.1 Å². The van der Waals surface area contributed by atoms with Crippen molar-refractivity contribution in [2.75, 3.05) is 0 Å². The Kier molecular flexibility index (Phi) is 3.69. The average Bonchev–Trinajstić information content (AvgIpc) is 1.90. The minimum absolute atomic E-state index is 0. The van der Waals surface area contributed by atoms with Crippen molar-refractivity contribution in [3.8, 4) is 0 Å². The number of primary amides is 1. The van der Waals surface area contributed by atoms with Crippen LogP contribution in [0.15, 0.2) is 24.5 Å². The molecule has 0 bridgehead atoms. The second kappa shape index (κ2) is 4.04. The van der Waals surface area contributed by atoms with Crippen LogP contribution in [-0.2, 0) is 17.1 Å². The van der Waals surface area contributed by atoms with Crippen LogP contribution in [0.1, 0.15) is 10.4 Å². The number of hydrogen-bond donors (Lipinski definition) is 1. The molecule has 0 saturated heterocycles. The molecule has 1 rings (SSSR count). The van der Waals surface area contributed by atoms with E-state index in [1.54, 1.807) is 18.3 Å². The predicted molar refractivity (Wildman–Crippen MR) is 32.8 cm³/mol. The van der Waals surface area contributed by atoms with Crippen molar-refractivity contribution in [2.24, 2.45) is 5.73 Å². The van der Waals surface area contributed by atoms with Crippen LogP contribution < -0.4 is 5.73 Å². The summed E-state index contributed by atoms with van der Waals surface area (Å²) < 4.78 is 0. The Morgan fingerprint density at radius 1 is 1.60 bits per heavy atom. The molecule has 0 aliphatic heterocycles. The van der Waals surface area contributed by atoms with E-state index in [-0.39, 0.29) is 17.1 Å². The molecule has 1 radical (unpaired) electrons. The summed E-state index contributed by atoms with van der Waals surface area (Å²) in [6, 6.07) is 3.29. The van der Waals surface area contributed by atoms with Gasteiger partial charge in [0.2, 0.25) is 5.91 Å². The van der Waals surface area contributed by atoms with Crippen molar-refractivity contribution in [1.82, 2.24) is 4.98 Å². The number of nitrogens with zero attached hydrogens (tertiary/aromatic N) is 1. The van der Waals surface area contributed by atoms with Crippen molar-refractivity contribution in [3.05, 3.63) is 30.1 Å². The van der Waals surface area contributed by atoms with Crippen LogP contribution in [0, 0.1) is 0 Å². The maximum atomic E-state index is 10.4. The Hall–Kier alpha value is -0.861. The quantitative estimate of drug-likeness (QED) is 0.622. The number of nitrogens with two attached hydrogens (primary N) is 1. The minimum Gasteiger partial charge on any atom is -0.366 e. The van der Waals surface area contributed by atoms with E-state index >= 15 is 0 Å². The van der Waals surface area contributed by atoms with Crippen LogP contribution in [0.4, 0.5) is 0 Å². The molecule has 1 amide bonds. The molecule has 0 saturated carbocycles. The Bertz CT molecular complexity index is 212. The summed E-state index contributed by atoms with van der Waals surface area (Å²) in [5.41, 5.74) is 5.38. The third kappa shape index (κ3) is 2.17. The Balaban J connectivity index is 0.000000810. The first kappa shape index (κ1) is 9.14. The van der Waals surface area contributed by atoms with E-state index in [1.807, 2.05) is 0 Å². The molecule has 10 heavy (non-hydrogen) atoms. The van der Waals surface area contributed by atoms with Gasteiger partial charge in [-0.15, -0.1) is 0 Å². The number of rotatable bonds is 1. The first-order valence-corrected chi connectivity index (χ1v) is 2.50. The van der Waals surface area contributed by atoms with Gasteiger partial charge in [-0.2, -0.15) is 0 Å². The van der Waals surface area contributed by atoms with Gasteiger partial charge in [-0.05, 0) is 12.1 Å². The maximum Gasteiger partial charge on any atom is 0.250 e. The summed E-state index contributed by atoms with van der Waals surface area (Å²) in [6.07, 6.45) is 3.02. The number of pyridine rings is 1. The summed E-state index contributed by atoms with van der Waals surface area (Å²) in [4.78, 5) is 14.1. The summed E-state index contributed by atoms with van der Waals surface area (Å²) in [5, 5.41) is 0. The van der Waals surface area contributed by atoms with Gasteiger partial charge in [-0.25, -0.2) is 0 Å². The summed E-state index contributed by atoms with van der Waals surface area (Å²) in [7, 11) is 0. The van der Waals surface area contributed by atoms with E-state index < -0.39 is 5.91 Å². The number of amides is 1. The molecular formula is C6H6MnN2O. The molecule has 0 aliphatic rings. The number of carbonyl (C=O) groups excluding carboxylic acids is 1. The summed E-state index contributed by atoms with van der Waals surface area (Å²) in [6.45, 7) is 0. The maximum absolute atomic E-state index is 10.4. The van der Waals surface area contributed by atoms with Gasteiger partial charge in [0.05, 0.1) is 5.56 Å². The van der Waals surface area contributed by atoms with Crippen LogP contribution in [0.2, 0.25) is 0 Å². The molecular weight excluding hydrogens is 171 g/mol. The van der Waals surface area contributed by atoms with Crippen molar-refractivity contribution < 1.29 is 21.9 Å². The number of hydrogen-bond acceptors (Lipinski definition) is 2. The van der Waals surface area contributed by atoms with Crippen LogP contribution in [0.3, 0.4) is 0 Å². The molecule has 1 heterocycles. The smallest absolute Gasteiger partial charge is 0.250 e. The van der Waals surface area contributed by atoms with Crippen molar-refractivity contribution in [1.29, 1.82) is 0 Å². The van der Waals surface area contributed by atoms with Crippen molar-refractivity contribution >= 4 is 5.91 Å². The Morgan fingerprint density at radius 3 is 2.60 bits per heavy atom. The zero-order valence-corrected chi connectivity index (χ0v) is 6.30. The molecule has 4 heteroatoms. The summed E-state index contributed by atoms with van der Waals surface area (Å²) >= 11 is 0. The molecule has 0 atom stereocenters. The third-order valence-electron chi connectivity index (χ3n) is 0.946. The normalized spacial score (nSPS) is 8.00. The average molecular weight is 177 g/mol. The summed E-state index contributed by atoms with van der Waals surface area (Å²) in [5.74, 6) is -0.442. The molecule has 0 unspecified atom stereocenters. The van der Waals surface area contributed by atoms with E-state index in [4.69, 9.17) is 5.73 Å². The van der Waals surface area contributed by atoms with Gasteiger partial charge in [0.15, 0.2) is 0 Å². The van der Waals surface area contributed by atoms with Gasteiger partial charge in [0, 0.05) is 29.5 Å². The molecule has 2 N–H and O–H groups in total. The number of aromatic nitrogens is 1. The monoisotopic (exact) mass is 177 g/mol. The van der Waals surface area contributed by atoms with Crippen LogP contribution >= 0.6 is 0 Å². The second-order valence-electron chi connectivity index (χ2n) is 1.61. The van der Waals surface area contributed by atoms with E-state index in [2.05, 4.69) is 4.98 Å². The second-order valence-corrected chi connectivity index (χ2v) is 1.61.